The largest absolute Gasteiger partial charge is 0.508 e. The smallest absolute Gasteiger partial charge is 0.455 e. The Morgan fingerprint density at radius 2 is 1.73 bits per heavy atom. The van der Waals surface area contributed by atoms with Crippen LogP contribution in [0.1, 0.15) is 30.4 Å². The van der Waals surface area contributed by atoms with E-state index in [-0.39, 0.29) is 25.1 Å². The van der Waals surface area contributed by atoms with Crippen LogP contribution in [0.25, 0.3) is 11.6 Å². The molecule has 2 heterocycles. The number of allylic oxidation sites excluding steroid dienone is 1. The number of fused-ring (bicyclic) bond motifs is 3. The van der Waals surface area contributed by atoms with E-state index in [4.69, 9.17) is 14.1 Å². The molecule has 3 aromatic carbocycles. The SMILES string of the molecule is COC(=O)N1C(=O)[C@@H]2[C@@H](CC(COc3ccccc3)=C3[C@@H](CC/C(=C/c4cccc(O)c4)c4ccccc4)OB(O)C[C@@H]32)C1=O. The Morgan fingerprint density at radius 1 is 1.00 bits per heavy atom. The molecule has 0 spiro atoms. The molecule has 0 aromatic heterocycles. The van der Waals surface area contributed by atoms with Crippen LogP contribution in [0.3, 0.4) is 0 Å². The van der Waals surface area contributed by atoms with E-state index in [9.17, 15) is 24.5 Å². The second-order valence-electron chi connectivity index (χ2n) is 11.6. The normalized spacial score (nSPS) is 23.1. The lowest BCUT2D eigenvalue weighted by atomic mass is 9.58. The number of aromatic hydroxyl groups is 1. The number of rotatable bonds is 8. The third-order valence-corrected chi connectivity index (χ3v) is 8.85. The van der Waals surface area contributed by atoms with Crippen molar-refractivity contribution in [2.24, 2.45) is 17.8 Å². The van der Waals surface area contributed by atoms with Gasteiger partial charge in [0.2, 0.25) is 11.8 Å². The maximum absolute atomic E-state index is 13.6. The molecular formula is C35H34BNO8. The van der Waals surface area contributed by atoms with Crippen molar-refractivity contribution in [1.82, 2.24) is 4.90 Å². The van der Waals surface area contributed by atoms with Gasteiger partial charge in [-0.25, -0.2) is 4.79 Å². The Morgan fingerprint density at radius 3 is 2.44 bits per heavy atom. The van der Waals surface area contributed by atoms with Gasteiger partial charge in [-0.3, -0.25) is 9.59 Å². The number of para-hydroxylation sites is 1. The summed E-state index contributed by atoms with van der Waals surface area (Å²) in [5, 5.41) is 21.0. The number of hydrogen-bond acceptors (Lipinski definition) is 8. The molecule has 1 aliphatic carbocycles. The summed E-state index contributed by atoms with van der Waals surface area (Å²) in [4.78, 5) is 40.1. The van der Waals surface area contributed by atoms with E-state index in [2.05, 4.69) is 0 Å². The lowest BCUT2D eigenvalue weighted by Crippen LogP contribution is -2.46. The molecule has 45 heavy (non-hydrogen) atoms. The van der Waals surface area contributed by atoms with E-state index < -0.39 is 48.9 Å². The van der Waals surface area contributed by atoms with E-state index in [0.29, 0.717) is 23.5 Å². The van der Waals surface area contributed by atoms with E-state index in [1.807, 2.05) is 72.8 Å². The Labute approximate surface area is 261 Å². The highest BCUT2D eigenvalue weighted by atomic mass is 16.5. The van der Waals surface area contributed by atoms with Crippen LogP contribution in [0.15, 0.2) is 96.1 Å². The minimum Gasteiger partial charge on any atom is -0.508 e. The minimum atomic E-state index is -1.16. The summed E-state index contributed by atoms with van der Waals surface area (Å²) in [6, 6.07) is 26.2. The Bertz CT molecular complexity index is 1640. The molecule has 0 saturated carbocycles. The summed E-state index contributed by atoms with van der Waals surface area (Å²) in [5.74, 6) is -2.48. The van der Waals surface area contributed by atoms with Gasteiger partial charge >= 0.3 is 13.2 Å². The number of amides is 3. The maximum atomic E-state index is 13.6. The van der Waals surface area contributed by atoms with Crippen molar-refractivity contribution in [2.45, 2.75) is 31.7 Å². The van der Waals surface area contributed by atoms with Gasteiger partial charge in [0.25, 0.3) is 0 Å². The van der Waals surface area contributed by atoms with Gasteiger partial charge in [-0.05, 0) is 83.6 Å². The maximum Gasteiger partial charge on any atom is 0.455 e. The molecule has 2 fully saturated rings. The molecule has 0 radical (unpaired) electrons. The highest BCUT2D eigenvalue weighted by Crippen LogP contribution is 2.51. The molecule has 4 atom stereocenters. The van der Waals surface area contributed by atoms with Gasteiger partial charge in [0, 0.05) is 0 Å². The molecule has 230 valence electrons. The second-order valence-corrected chi connectivity index (χ2v) is 11.6. The van der Waals surface area contributed by atoms with E-state index in [1.165, 1.54) is 0 Å². The molecule has 0 unspecified atom stereocenters. The molecule has 2 aliphatic heterocycles. The summed E-state index contributed by atoms with van der Waals surface area (Å²) in [6.07, 6.45) is 1.80. The fourth-order valence-electron chi connectivity index (χ4n) is 6.91. The number of likely N-dealkylation sites (tertiary alicyclic amines) is 1. The molecule has 2 N–H and O–H groups in total. The van der Waals surface area contributed by atoms with Crippen LogP contribution in [0, 0.1) is 17.8 Å². The zero-order valence-corrected chi connectivity index (χ0v) is 24.9. The molecular weight excluding hydrogens is 573 g/mol. The van der Waals surface area contributed by atoms with E-state index in [0.717, 1.165) is 35.0 Å². The molecule has 2 saturated heterocycles. The van der Waals surface area contributed by atoms with Gasteiger partial charge in [0.1, 0.15) is 18.1 Å². The number of carbonyl (C=O) groups is 3. The fourth-order valence-corrected chi connectivity index (χ4v) is 6.91. The molecule has 3 aliphatic rings. The second kappa shape index (κ2) is 13.1. The number of hydrogen-bond donors (Lipinski definition) is 2. The Balaban J connectivity index is 1.36. The van der Waals surface area contributed by atoms with Crippen molar-refractivity contribution in [3.63, 3.8) is 0 Å². The van der Waals surface area contributed by atoms with Gasteiger partial charge in [-0.1, -0.05) is 66.7 Å². The van der Waals surface area contributed by atoms with Gasteiger partial charge in [0.05, 0.1) is 25.0 Å². The summed E-state index contributed by atoms with van der Waals surface area (Å²) < 4.78 is 17.1. The first-order valence-electron chi connectivity index (χ1n) is 15.1. The third-order valence-electron chi connectivity index (χ3n) is 8.85. The van der Waals surface area contributed by atoms with Crippen molar-refractivity contribution in [2.75, 3.05) is 13.7 Å². The van der Waals surface area contributed by atoms with Crippen LogP contribution in [0.2, 0.25) is 6.32 Å². The molecule has 9 nitrogen and oxygen atoms in total. The summed E-state index contributed by atoms with van der Waals surface area (Å²) in [5.41, 5.74) is 4.51. The van der Waals surface area contributed by atoms with Crippen molar-refractivity contribution < 1.29 is 38.6 Å². The fraction of sp³-hybridized carbons (Fsp3) is 0.286. The Kier molecular flexibility index (Phi) is 8.86. The third kappa shape index (κ3) is 6.29. The number of benzene rings is 3. The van der Waals surface area contributed by atoms with Crippen LogP contribution in [-0.4, -0.2) is 59.9 Å². The number of phenolic OH excluding ortho intramolecular Hbond substituents is 1. The average Bonchev–Trinajstić information content (AvgIpc) is 3.31. The topological polar surface area (TPSA) is 123 Å². The first-order valence-corrected chi connectivity index (χ1v) is 15.1. The van der Waals surface area contributed by atoms with Crippen LogP contribution in [0.4, 0.5) is 4.79 Å². The standard InChI is InChI=1S/C35H34BNO8/c1-43-35(41)37-33(39)28-19-25(21-44-27-13-6-3-7-14-27)31-29(32(28)34(37)40)20-36(42)45-30(31)16-15-24(23-10-4-2-5-11-23)17-22-9-8-12-26(38)18-22/h2-14,17-18,28-30,32,38,42H,15-16,19-21H2,1H3/b24-17-/t28-,29+,30-,32-/m1/s1. The highest BCUT2D eigenvalue weighted by Gasteiger charge is 2.59. The van der Waals surface area contributed by atoms with Crippen LogP contribution < -0.4 is 4.74 Å². The average molecular weight is 607 g/mol. The first-order chi connectivity index (χ1) is 21.8. The van der Waals surface area contributed by atoms with Gasteiger partial charge in [-0.2, -0.15) is 4.90 Å². The van der Waals surface area contributed by atoms with Crippen molar-refractivity contribution in [3.05, 3.63) is 107 Å². The number of imide groups is 3. The first kappa shape index (κ1) is 30.4. The number of phenols is 1. The lowest BCUT2D eigenvalue weighted by Gasteiger charge is -2.43. The van der Waals surface area contributed by atoms with Gasteiger partial charge in [0.15, 0.2) is 0 Å². The van der Waals surface area contributed by atoms with Gasteiger partial charge < -0.3 is 24.3 Å². The number of ether oxygens (including phenoxy) is 2. The quantitative estimate of drug-likeness (QED) is 0.152. The highest BCUT2D eigenvalue weighted by molar-refractivity contribution is 6.43. The van der Waals surface area contributed by atoms with E-state index >= 15 is 0 Å². The number of methoxy groups -OCH3 is 1. The predicted octanol–water partition coefficient (Wildman–Crippen LogP) is 5.36. The summed E-state index contributed by atoms with van der Waals surface area (Å²) in [6.45, 7) is 0.166. The minimum absolute atomic E-state index is 0.112. The molecule has 6 rings (SSSR count). The van der Waals surface area contributed by atoms with Crippen LogP contribution >= 0.6 is 0 Å². The zero-order chi connectivity index (χ0) is 31.5. The number of nitrogens with zero attached hydrogens (tertiary/aromatic N) is 1. The van der Waals surface area contributed by atoms with Crippen LogP contribution in [0.5, 0.6) is 11.5 Å². The lowest BCUT2D eigenvalue weighted by molar-refractivity contribution is -0.137. The summed E-state index contributed by atoms with van der Waals surface area (Å²) in [7, 11) is -0.0274. The van der Waals surface area contributed by atoms with Crippen LogP contribution in [-0.2, 0) is 19.0 Å². The Hall–Kier alpha value is -4.67. The van der Waals surface area contributed by atoms with E-state index in [1.54, 1.807) is 18.2 Å². The van der Waals surface area contributed by atoms with Crippen molar-refractivity contribution in [3.8, 4) is 11.5 Å². The molecule has 10 heteroatoms. The number of carbonyl (C=O) groups excluding carboxylic acids is 3. The van der Waals surface area contributed by atoms with Gasteiger partial charge in [-0.15, -0.1) is 0 Å². The molecule has 3 amide bonds. The monoisotopic (exact) mass is 607 g/mol. The van der Waals surface area contributed by atoms with Crippen molar-refractivity contribution in [1.29, 1.82) is 0 Å². The molecule has 3 aromatic rings. The molecule has 0 bridgehead atoms. The predicted molar refractivity (Wildman–Crippen MR) is 168 cm³/mol. The van der Waals surface area contributed by atoms with Crippen molar-refractivity contribution >= 4 is 36.7 Å². The summed E-state index contributed by atoms with van der Waals surface area (Å²) >= 11 is 0. The zero-order valence-electron chi connectivity index (χ0n) is 24.9.